The lowest BCUT2D eigenvalue weighted by molar-refractivity contribution is -0.385. The Balaban J connectivity index is 2.25. The lowest BCUT2D eigenvalue weighted by Crippen LogP contribution is -1.98. The van der Waals surface area contributed by atoms with Crippen LogP contribution in [0.1, 0.15) is 11.3 Å². The minimum atomic E-state index is -0.573. The first-order valence-corrected chi connectivity index (χ1v) is 6.66. The minimum absolute atomic E-state index is 0.0300. The summed E-state index contributed by atoms with van der Waals surface area (Å²) in [5, 5.41) is 27.0. The number of benzene rings is 1. The first kappa shape index (κ1) is 14.7. The predicted molar refractivity (Wildman–Crippen MR) is 79.4 cm³/mol. The van der Waals surface area contributed by atoms with Gasteiger partial charge in [0.05, 0.1) is 35.6 Å². The van der Waals surface area contributed by atoms with Crippen LogP contribution in [-0.2, 0) is 0 Å². The Morgan fingerprint density at radius 1 is 1.57 bits per heavy atom. The first-order valence-electron chi connectivity index (χ1n) is 5.78. The van der Waals surface area contributed by atoms with Crippen molar-refractivity contribution >= 4 is 28.4 Å². The molecule has 0 fully saturated rings. The summed E-state index contributed by atoms with van der Waals surface area (Å²) in [7, 11) is 1.32. The van der Waals surface area contributed by atoms with Gasteiger partial charge in [-0.3, -0.25) is 15.5 Å². The highest BCUT2D eigenvalue weighted by molar-refractivity contribution is 7.13. The number of ether oxygens (including phenoxy) is 1. The number of aryl methyl sites for hydroxylation is 1. The van der Waals surface area contributed by atoms with Crippen molar-refractivity contribution in [2.24, 2.45) is 5.10 Å². The van der Waals surface area contributed by atoms with Crippen molar-refractivity contribution in [2.45, 2.75) is 6.92 Å². The van der Waals surface area contributed by atoms with Crippen LogP contribution in [-0.4, -0.2) is 28.3 Å². The van der Waals surface area contributed by atoms with E-state index in [0.717, 1.165) is 11.8 Å². The summed E-state index contributed by atoms with van der Waals surface area (Å²) in [4.78, 5) is 14.6. The molecule has 0 aliphatic rings. The number of methoxy groups -OCH3 is 1. The van der Waals surface area contributed by atoms with Crippen molar-refractivity contribution in [3.8, 4) is 11.5 Å². The maximum absolute atomic E-state index is 11.0. The van der Waals surface area contributed by atoms with E-state index in [1.54, 1.807) is 0 Å². The van der Waals surface area contributed by atoms with Crippen molar-refractivity contribution in [1.29, 1.82) is 0 Å². The average Bonchev–Trinajstić information content (AvgIpc) is 2.84. The molecule has 0 unspecified atom stereocenters. The molecule has 0 saturated heterocycles. The smallest absolute Gasteiger partial charge is 0.282 e. The van der Waals surface area contributed by atoms with Crippen molar-refractivity contribution in [3.05, 3.63) is 38.9 Å². The molecule has 0 aliphatic heterocycles. The van der Waals surface area contributed by atoms with Gasteiger partial charge in [-0.2, -0.15) is 5.10 Å². The highest BCUT2D eigenvalue weighted by atomic mass is 32.1. The Kier molecular flexibility index (Phi) is 4.33. The first-order chi connectivity index (χ1) is 10.0. The quantitative estimate of drug-likeness (QED) is 0.499. The van der Waals surface area contributed by atoms with Crippen LogP contribution in [0.25, 0.3) is 0 Å². The molecule has 2 aromatic rings. The number of aromatic nitrogens is 1. The highest BCUT2D eigenvalue weighted by Crippen LogP contribution is 2.32. The molecule has 1 aromatic carbocycles. The predicted octanol–water partition coefficient (Wildman–Crippen LogP) is 2.52. The zero-order valence-electron chi connectivity index (χ0n) is 11.2. The van der Waals surface area contributed by atoms with Crippen molar-refractivity contribution in [2.75, 3.05) is 12.5 Å². The van der Waals surface area contributed by atoms with E-state index in [0.29, 0.717) is 5.13 Å². The molecule has 1 heterocycles. The number of nitro benzene ring substituents is 1. The van der Waals surface area contributed by atoms with E-state index in [-0.39, 0.29) is 22.7 Å². The second kappa shape index (κ2) is 6.18. The zero-order chi connectivity index (χ0) is 15.4. The second-order valence-electron chi connectivity index (χ2n) is 4.00. The van der Waals surface area contributed by atoms with Gasteiger partial charge in [0.2, 0.25) is 5.13 Å². The van der Waals surface area contributed by atoms with Gasteiger partial charge in [-0.1, -0.05) is 0 Å². The number of aromatic hydroxyl groups is 1. The Morgan fingerprint density at radius 3 is 2.90 bits per heavy atom. The summed E-state index contributed by atoms with van der Waals surface area (Å²) in [6.45, 7) is 1.84. The van der Waals surface area contributed by atoms with Gasteiger partial charge in [0.15, 0.2) is 11.5 Å². The van der Waals surface area contributed by atoms with E-state index >= 15 is 0 Å². The molecule has 2 rings (SSSR count). The number of rotatable bonds is 5. The molecule has 1 aromatic heterocycles. The van der Waals surface area contributed by atoms with Crippen LogP contribution in [0.15, 0.2) is 22.6 Å². The molecule has 0 radical (unpaired) electrons. The Morgan fingerprint density at radius 2 is 2.33 bits per heavy atom. The van der Waals surface area contributed by atoms with E-state index in [1.807, 2.05) is 12.3 Å². The van der Waals surface area contributed by atoms with Crippen LogP contribution < -0.4 is 10.2 Å². The molecular weight excluding hydrogens is 296 g/mol. The van der Waals surface area contributed by atoms with Crippen LogP contribution in [0.4, 0.5) is 10.8 Å². The topological polar surface area (TPSA) is 110 Å². The molecule has 110 valence electrons. The molecule has 8 nitrogen and oxygen atoms in total. The van der Waals surface area contributed by atoms with Gasteiger partial charge in [-0.05, 0) is 13.0 Å². The van der Waals surface area contributed by atoms with Crippen molar-refractivity contribution in [1.82, 2.24) is 4.98 Å². The van der Waals surface area contributed by atoms with Gasteiger partial charge >= 0.3 is 0 Å². The molecule has 0 spiro atoms. The van der Waals surface area contributed by atoms with Gasteiger partial charge in [0.1, 0.15) is 0 Å². The summed E-state index contributed by atoms with van der Waals surface area (Å²) >= 11 is 1.37. The number of phenols is 1. The number of phenolic OH excluding ortho intramolecular Hbond substituents is 1. The fraction of sp³-hybridized carbons (Fsp3) is 0.167. The minimum Gasteiger partial charge on any atom is -0.504 e. The van der Waals surface area contributed by atoms with E-state index < -0.39 is 4.92 Å². The molecular formula is C12H12N4O4S. The Labute approximate surface area is 123 Å². The molecule has 0 atom stereocenters. The number of thiazole rings is 1. The number of nitro groups is 1. The summed E-state index contributed by atoms with van der Waals surface area (Å²) in [6, 6.07) is 2.36. The lowest BCUT2D eigenvalue weighted by Gasteiger charge is -2.04. The second-order valence-corrected chi connectivity index (χ2v) is 4.86. The van der Waals surface area contributed by atoms with Gasteiger partial charge < -0.3 is 9.84 Å². The molecule has 9 heteroatoms. The largest absolute Gasteiger partial charge is 0.504 e. The highest BCUT2D eigenvalue weighted by Gasteiger charge is 2.17. The number of hydrogen-bond donors (Lipinski definition) is 2. The van der Waals surface area contributed by atoms with Gasteiger partial charge in [-0.15, -0.1) is 11.3 Å². The summed E-state index contributed by atoms with van der Waals surface area (Å²) in [6.07, 6.45) is 1.24. The third kappa shape index (κ3) is 3.45. The molecule has 0 saturated carbocycles. The summed E-state index contributed by atoms with van der Waals surface area (Å²) < 4.78 is 4.84. The zero-order valence-corrected chi connectivity index (χ0v) is 12.0. The van der Waals surface area contributed by atoms with E-state index in [2.05, 4.69) is 15.5 Å². The normalized spacial score (nSPS) is 10.8. The fourth-order valence-corrected chi connectivity index (χ4v) is 2.20. The fourth-order valence-electron chi connectivity index (χ4n) is 1.56. The van der Waals surface area contributed by atoms with E-state index in [1.165, 1.54) is 30.7 Å². The third-order valence-electron chi connectivity index (χ3n) is 2.51. The van der Waals surface area contributed by atoms with E-state index in [9.17, 15) is 15.2 Å². The summed E-state index contributed by atoms with van der Waals surface area (Å²) in [5.74, 6) is -0.169. The van der Waals surface area contributed by atoms with Gasteiger partial charge in [-0.25, -0.2) is 4.98 Å². The van der Waals surface area contributed by atoms with Gasteiger partial charge in [0.25, 0.3) is 5.69 Å². The average molecular weight is 308 g/mol. The number of hydrogen-bond acceptors (Lipinski definition) is 8. The van der Waals surface area contributed by atoms with Crippen LogP contribution in [0, 0.1) is 17.0 Å². The van der Waals surface area contributed by atoms with E-state index in [4.69, 9.17) is 4.74 Å². The number of anilines is 1. The van der Waals surface area contributed by atoms with Crippen molar-refractivity contribution < 1.29 is 14.8 Å². The molecule has 0 amide bonds. The third-order valence-corrected chi connectivity index (χ3v) is 3.37. The molecule has 2 N–H and O–H groups in total. The molecule has 21 heavy (non-hydrogen) atoms. The molecule has 0 bridgehead atoms. The maximum Gasteiger partial charge on any atom is 0.282 e. The summed E-state index contributed by atoms with van der Waals surface area (Å²) in [5.41, 5.74) is 3.46. The standard InChI is InChI=1S/C12H12N4O4S/c1-7-6-21-12(14-7)15-13-5-8-3-10(17)11(20-2)4-9(8)16(18)19/h3-6,17H,1-2H3,(H,14,15)/b13-5+. The van der Waals surface area contributed by atoms with Crippen LogP contribution in [0.5, 0.6) is 11.5 Å². The Bertz CT molecular complexity index is 699. The molecule has 0 aliphatic carbocycles. The monoisotopic (exact) mass is 308 g/mol. The number of nitrogens with one attached hydrogen (secondary N) is 1. The van der Waals surface area contributed by atoms with Crippen LogP contribution in [0.2, 0.25) is 0 Å². The van der Waals surface area contributed by atoms with Gasteiger partial charge in [0, 0.05) is 5.38 Å². The maximum atomic E-state index is 11.0. The van der Waals surface area contributed by atoms with Crippen LogP contribution >= 0.6 is 11.3 Å². The number of nitrogens with zero attached hydrogens (tertiary/aromatic N) is 3. The van der Waals surface area contributed by atoms with Crippen molar-refractivity contribution in [3.63, 3.8) is 0 Å². The van der Waals surface area contributed by atoms with Crippen LogP contribution in [0.3, 0.4) is 0 Å². The Hall–Kier alpha value is -2.68. The number of hydrazone groups is 1. The lowest BCUT2D eigenvalue weighted by atomic mass is 10.1. The SMILES string of the molecule is COc1cc([N+](=O)[O-])c(/C=N/Nc2nc(C)cs2)cc1O.